The van der Waals surface area contributed by atoms with Crippen LogP contribution in [-0.2, 0) is 23.9 Å². The smallest absolute Gasteiger partial charge is 0.328 e. The lowest BCUT2D eigenvalue weighted by atomic mass is 10.0. The zero-order valence-electron chi connectivity index (χ0n) is 30.9. The summed E-state index contributed by atoms with van der Waals surface area (Å²) in [5.41, 5.74) is 0. The van der Waals surface area contributed by atoms with E-state index in [1.807, 2.05) is 0 Å². The maximum Gasteiger partial charge on any atom is 0.328 e. The molecule has 0 aromatic heterocycles. The molecule has 0 bridgehead atoms. The number of carbonyl (C=O) groups is 4. The molecular formula is C40H70N2O7. The average Bonchev–Trinajstić information content (AvgIpc) is 3.08. The van der Waals surface area contributed by atoms with Gasteiger partial charge in [0, 0.05) is 12.8 Å². The summed E-state index contributed by atoms with van der Waals surface area (Å²) in [6.45, 7) is 3.33. The molecule has 0 aliphatic heterocycles. The Hall–Kier alpha value is -2.94. The van der Waals surface area contributed by atoms with E-state index < -0.39 is 24.5 Å². The van der Waals surface area contributed by atoms with Gasteiger partial charge in [-0.05, 0) is 70.6 Å². The minimum atomic E-state index is -1.38. The maximum atomic E-state index is 12.7. The van der Waals surface area contributed by atoms with E-state index >= 15 is 0 Å². The molecule has 0 radical (unpaired) electrons. The summed E-state index contributed by atoms with van der Waals surface area (Å²) in [7, 11) is 0. The first-order valence-corrected chi connectivity index (χ1v) is 19.4. The minimum absolute atomic E-state index is 0.0170. The largest absolute Gasteiger partial charge is 0.480 e. The van der Waals surface area contributed by atoms with Gasteiger partial charge in [0.15, 0.2) is 0 Å². The lowest BCUT2D eigenvalue weighted by Crippen LogP contribution is -2.47. The highest BCUT2D eigenvalue weighted by molar-refractivity contribution is 5.87. The normalized spacial score (nSPS) is 12.9. The summed E-state index contributed by atoms with van der Waals surface area (Å²) < 4.78 is 5.96. The Balaban J connectivity index is 4.17. The first-order chi connectivity index (χ1) is 23.8. The van der Waals surface area contributed by atoms with Crippen LogP contribution in [0.1, 0.15) is 168 Å². The third kappa shape index (κ3) is 32.0. The van der Waals surface area contributed by atoms with Gasteiger partial charge in [0.2, 0.25) is 11.8 Å². The third-order valence-corrected chi connectivity index (χ3v) is 8.40. The van der Waals surface area contributed by atoms with Gasteiger partial charge in [-0.2, -0.15) is 0 Å². The number of aliphatic carboxylic acids is 1. The molecule has 0 rings (SSSR count). The number of aliphatic hydroxyl groups excluding tert-OH is 1. The number of esters is 1. The molecule has 2 atom stereocenters. The molecule has 282 valence electrons. The summed E-state index contributed by atoms with van der Waals surface area (Å²) >= 11 is 0. The van der Waals surface area contributed by atoms with Gasteiger partial charge in [0.05, 0.1) is 13.2 Å². The Kier molecular flexibility index (Phi) is 32.8. The molecule has 9 heteroatoms. The number of carbonyl (C=O) groups excluding carboxylic acids is 3. The number of nitrogens with one attached hydrogen (secondary N) is 2. The van der Waals surface area contributed by atoms with Crippen LogP contribution >= 0.6 is 0 Å². The Morgan fingerprint density at radius 1 is 0.633 bits per heavy atom. The molecular weight excluding hydrogens is 620 g/mol. The van der Waals surface area contributed by atoms with Crippen LogP contribution in [0.3, 0.4) is 0 Å². The minimum Gasteiger partial charge on any atom is -0.480 e. The number of ether oxygens (including phenoxy) is 1. The number of allylic oxidation sites excluding steroid dienone is 6. The number of amides is 2. The van der Waals surface area contributed by atoms with Crippen LogP contribution in [0.15, 0.2) is 36.5 Å². The summed E-state index contributed by atoms with van der Waals surface area (Å²) in [6.07, 6.45) is 37.5. The molecule has 0 aromatic carbocycles. The zero-order valence-corrected chi connectivity index (χ0v) is 30.9. The number of unbranched alkanes of at least 4 members (excludes halogenated alkanes) is 14. The summed E-state index contributed by atoms with van der Waals surface area (Å²) in [6, 6.07) is -1.38. The topological polar surface area (TPSA) is 142 Å². The molecule has 9 nitrogen and oxygen atoms in total. The highest BCUT2D eigenvalue weighted by Gasteiger charge is 2.19. The van der Waals surface area contributed by atoms with E-state index in [1.165, 1.54) is 44.9 Å². The monoisotopic (exact) mass is 691 g/mol. The van der Waals surface area contributed by atoms with Crippen molar-refractivity contribution in [2.75, 3.05) is 13.2 Å². The van der Waals surface area contributed by atoms with E-state index in [0.717, 1.165) is 89.9 Å². The third-order valence-electron chi connectivity index (χ3n) is 8.40. The molecule has 0 spiro atoms. The molecule has 0 saturated carbocycles. The van der Waals surface area contributed by atoms with E-state index in [4.69, 9.17) is 14.9 Å². The first-order valence-electron chi connectivity index (χ1n) is 19.4. The lowest BCUT2D eigenvalue weighted by Gasteiger charge is -2.18. The van der Waals surface area contributed by atoms with Gasteiger partial charge < -0.3 is 25.6 Å². The highest BCUT2D eigenvalue weighted by atomic mass is 16.5. The van der Waals surface area contributed by atoms with Crippen LogP contribution in [0.5, 0.6) is 0 Å². The summed E-state index contributed by atoms with van der Waals surface area (Å²) in [5, 5.41) is 22.5. The zero-order chi connectivity index (χ0) is 36.2. The van der Waals surface area contributed by atoms with Crippen molar-refractivity contribution < 1.29 is 34.1 Å². The van der Waals surface area contributed by atoms with Gasteiger partial charge in [0.1, 0.15) is 12.1 Å². The average molecular weight is 691 g/mol. The van der Waals surface area contributed by atoms with Crippen LogP contribution in [0, 0.1) is 0 Å². The van der Waals surface area contributed by atoms with Gasteiger partial charge >= 0.3 is 11.9 Å². The summed E-state index contributed by atoms with van der Waals surface area (Å²) in [4.78, 5) is 47.3. The number of hydrogen-bond acceptors (Lipinski definition) is 6. The standard InChI is InChI=1S/C40H70N2O7/c1-3-5-7-9-11-12-13-14-15-16-17-18-19-24-28-32-39(46)49-35(29-25-21-10-8-6-4-2)30-26-22-20-23-27-31-37(44)41-33-38(45)42-36(34-43)40(47)48/h5,7,11-12,14-15,35-36,43H,3-4,6,8-10,13,16-34H2,1-2H3,(H,41,44)(H,42,45)(H,47,48)/b7-5-,12-11-,15-14-. The van der Waals surface area contributed by atoms with E-state index in [1.54, 1.807) is 0 Å². The predicted molar refractivity (Wildman–Crippen MR) is 199 cm³/mol. The lowest BCUT2D eigenvalue weighted by molar-refractivity contribution is -0.150. The van der Waals surface area contributed by atoms with Crippen LogP contribution in [0.25, 0.3) is 0 Å². The number of hydrogen-bond donors (Lipinski definition) is 4. The molecule has 2 unspecified atom stereocenters. The van der Waals surface area contributed by atoms with Crippen LogP contribution in [0.2, 0.25) is 0 Å². The van der Waals surface area contributed by atoms with Crippen molar-refractivity contribution in [1.29, 1.82) is 0 Å². The summed E-state index contributed by atoms with van der Waals surface area (Å²) in [5.74, 6) is -2.32. The van der Waals surface area contributed by atoms with Crippen molar-refractivity contribution in [2.24, 2.45) is 0 Å². The quantitative estimate of drug-likeness (QED) is 0.0301. The molecule has 0 aromatic rings. The number of rotatable bonds is 34. The van der Waals surface area contributed by atoms with Crippen molar-refractivity contribution >= 4 is 23.8 Å². The van der Waals surface area contributed by atoms with Gasteiger partial charge in [-0.25, -0.2) is 4.79 Å². The molecule has 0 saturated heterocycles. The predicted octanol–water partition coefficient (Wildman–Crippen LogP) is 8.65. The number of aliphatic hydroxyl groups is 1. The van der Waals surface area contributed by atoms with E-state index in [2.05, 4.69) is 60.9 Å². The van der Waals surface area contributed by atoms with E-state index in [0.29, 0.717) is 19.3 Å². The fourth-order valence-electron chi connectivity index (χ4n) is 5.43. The van der Waals surface area contributed by atoms with Crippen molar-refractivity contribution in [2.45, 2.75) is 180 Å². The molecule has 0 aliphatic carbocycles. The Labute approximate surface area is 297 Å². The second-order valence-corrected chi connectivity index (χ2v) is 13.0. The maximum absolute atomic E-state index is 12.7. The number of carboxylic acid groups (broad SMARTS) is 1. The molecule has 0 aliphatic rings. The Morgan fingerprint density at radius 2 is 1.16 bits per heavy atom. The molecule has 0 heterocycles. The highest BCUT2D eigenvalue weighted by Crippen LogP contribution is 2.18. The van der Waals surface area contributed by atoms with Gasteiger partial charge in [-0.1, -0.05) is 121 Å². The van der Waals surface area contributed by atoms with E-state index in [9.17, 15) is 19.2 Å². The number of carboxylic acids is 1. The molecule has 2 amide bonds. The molecule has 4 N–H and O–H groups in total. The Bertz CT molecular complexity index is 932. The van der Waals surface area contributed by atoms with Gasteiger partial charge in [0.25, 0.3) is 0 Å². The van der Waals surface area contributed by atoms with Crippen molar-refractivity contribution in [3.63, 3.8) is 0 Å². The van der Waals surface area contributed by atoms with Crippen LogP contribution in [-0.4, -0.2) is 59.3 Å². The van der Waals surface area contributed by atoms with Crippen LogP contribution in [0.4, 0.5) is 0 Å². The van der Waals surface area contributed by atoms with Crippen molar-refractivity contribution in [3.05, 3.63) is 36.5 Å². The van der Waals surface area contributed by atoms with Gasteiger partial charge in [-0.15, -0.1) is 0 Å². The van der Waals surface area contributed by atoms with Crippen molar-refractivity contribution in [3.8, 4) is 0 Å². The van der Waals surface area contributed by atoms with Crippen molar-refractivity contribution in [1.82, 2.24) is 10.6 Å². The SMILES string of the molecule is CC/C=C\C/C=C\C/C=C\CCCCCCCC(=O)OC(CCCCCCCC)CCCCCCCC(=O)NCC(=O)NC(CO)C(=O)O. The molecule has 0 fully saturated rings. The first kappa shape index (κ1) is 46.1. The second kappa shape index (κ2) is 34.9. The van der Waals surface area contributed by atoms with Gasteiger partial charge in [-0.3, -0.25) is 14.4 Å². The van der Waals surface area contributed by atoms with E-state index in [-0.39, 0.29) is 24.5 Å². The van der Waals surface area contributed by atoms with Crippen LogP contribution < -0.4 is 10.6 Å². The Morgan fingerprint density at radius 3 is 1.76 bits per heavy atom. The fraction of sp³-hybridized carbons (Fsp3) is 0.750. The second-order valence-electron chi connectivity index (χ2n) is 13.0. The molecule has 49 heavy (non-hydrogen) atoms. The fourth-order valence-corrected chi connectivity index (χ4v) is 5.43.